The van der Waals surface area contributed by atoms with Crippen LogP contribution in [-0.4, -0.2) is 25.2 Å². The lowest BCUT2D eigenvalue weighted by molar-refractivity contribution is -0.116. The average Bonchev–Trinajstić information content (AvgIpc) is 3.22. The summed E-state index contributed by atoms with van der Waals surface area (Å²) in [5.74, 6) is 1.44. The number of nitrogens with zero attached hydrogens (tertiary/aromatic N) is 4. The molecule has 0 radical (unpaired) electrons. The zero-order valence-corrected chi connectivity index (χ0v) is 15.5. The number of imidazole rings is 1. The van der Waals surface area contributed by atoms with E-state index in [2.05, 4.69) is 39.9 Å². The Bertz CT molecular complexity index is 878. The van der Waals surface area contributed by atoms with E-state index in [0.29, 0.717) is 18.8 Å². The molecule has 1 amide bonds. The highest BCUT2D eigenvalue weighted by Gasteiger charge is 2.09. The van der Waals surface area contributed by atoms with Gasteiger partial charge in [-0.2, -0.15) is 5.10 Å². The van der Waals surface area contributed by atoms with Gasteiger partial charge in [0.05, 0.1) is 5.69 Å². The van der Waals surface area contributed by atoms with Crippen molar-refractivity contribution in [2.45, 2.75) is 39.2 Å². The molecule has 1 N–H and O–H groups in total. The van der Waals surface area contributed by atoms with E-state index in [1.54, 1.807) is 4.68 Å². The normalized spacial score (nSPS) is 11.1. The molecule has 0 bridgehead atoms. The number of carbonyl (C=O) groups is 1. The highest BCUT2D eigenvalue weighted by atomic mass is 16.1. The predicted molar refractivity (Wildman–Crippen MR) is 102 cm³/mol. The summed E-state index contributed by atoms with van der Waals surface area (Å²) in [5.41, 5.74) is 2.88. The van der Waals surface area contributed by atoms with E-state index in [-0.39, 0.29) is 5.91 Å². The third-order valence-electron chi connectivity index (χ3n) is 4.20. The van der Waals surface area contributed by atoms with Gasteiger partial charge >= 0.3 is 0 Å². The molecular weight excluding hydrogens is 326 g/mol. The third-order valence-corrected chi connectivity index (χ3v) is 4.20. The van der Waals surface area contributed by atoms with Gasteiger partial charge in [-0.05, 0) is 23.8 Å². The van der Waals surface area contributed by atoms with Crippen LogP contribution >= 0.6 is 0 Å². The monoisotopic (exact) mass is 351 g/mol. The molecule has 6 nitrogen and oxygen atoms in total. The van der Waals surface area contributed by atoms with E-state index in [9.17, 15) is 4.79 Å². The highest BCUT2D eigenvalue weighted by molar-refractivity contribution is 5.90. The van der Waals surface area contributed by atoms with Crippen LogP contribution in [0.5, 0.6) is 0 Å². The van der Waals surface area contributed by atoms with Crippen molar-refractivity contribution in [2.24, 2.45) is 7.05 Å². The maximum Gasteiger partial charge on any atom is 0.224 e. The molecule has 0 unspecified atom stereocenters. The largest absolute Gasteiger partial charge is 0.330 e. The first-order chi connectivity index (χ1) is 12.5. The number of aromatic nitrogens is 4. The fraction of sp³-hybridized carbons (Fsp3) is 0.350. The van der Waals surface area contributed by atoms with E-state index in [4.69, 9.17) is 0 Å². The maximum absolute atomic E-state index is 12.2. The van der Waals surface area contributed by atoms with Gasteiger partial charge in [-0.25, -0.2) is 4.98 Å². The van der Waals surface area contributed by atoms with Gasteiger partial charge in [0.25, 0.3) is 0 Å². The van der Waals surface area contributed by atoms with Crippen LogP contribution in [0.1, 0.15) is 43.3 Å². The molecule has 26 heavy (non-hydrogen) atoms. The van der Waals surface area contributed by atoms with Gasteiger partial charge in [0.15, 0.2) is 0 Å². The Morgan fingerprint density at radius 3 is 2.81 bits per heavy atom. The first kappa shape index (κ1) is 17.9. The highest BCUT2D eigenvalue weighted by Crippen LogP contribution is 2.16. The number of hydrogen-bond acceptors (Lipinski definition) is 3. The number of amides is 1. The van der Waals surface area contributed by atoms with Gasteiger partial charge in [0.1, 0.15) is 5.82 Å². The topological polar surface area (TPSA) is 64.7 Å². The maximum atomic E-state index is 12.2. The summed E-state index contributed by atoms with van der Waals surface area (Å²) in [6, 6.07) is 9.90. The van der Waals surface area contributed by atoms with Gasteiger partial charge in [-0.3, -0.25) is 9.48 Å². The number of aryl methyl sites for hydroxylation is 2. The molecule has 0 atom stereocenters. The van der Waals surface area contributed by atoms with Gasteiger partial charge in [0, 0.05) is 56.6 Å². The van der Waals surface area contributed by atoms with Crippen LogP contribution in [0, 0.1) is 0 Å². The van der Waals surface area contributed by atoms with Gasteiger partial charge in [-0.15, -0.1) is 0 Å². The van der Waals surface area contributed by atoms with E-state index in [1.807, 2.05) is 49.9 Å². The molecule has 0 saturated carbocycles. The van der Waals surface area contributed by atoms with Crippen molar-refractivity contribution in [1.29, 1.82) is 0 Å². The lowest BCUT2D eigenvalue weighted by atomic mass is 10.1. The van der Waals surface area contributed by atoms with E-state index >= 15 is 0 Å². The molecule has 1 aromatic carbocycles. The van der Waals surface area contributed by atoms with Crippen molar-refractivity contribution >= 4 is 11.6 Å². The number of carbonyl (C=O) groups excluding carboxylic acids is 1. The average molecular weight is 351 g/mol. The van der Waals surface area contributed by atoms with Crippen LogP contribution < -0.4 is 5.32 Å². The SMILES string of the molecule is CC(C)c1nccn1Cc1cccc(NC(=O)CCc2ccn(C)n2)c1. The summed E-state index contributed by atoms with van der Waals surface area (Å²) in [6.45, 7) is 5.01. The molecule has 6 heteroatoms. The summed E-state index contributed by atoms with van der Waals surface area (Å²) < 4.78 is 3.89. The lowest BCUT2D eigenvalue weighted by Gasteiger charge is -2.12. The van der Waals surface area contributed by atoms with E-state index < -0.39 is 0 Å². The summed E-state index contributed by atoms with van der Waals surface area (Å²) >= 11 is 0. The number of nitrogens with one attached hydrogen (secondary N) is 1. The van der Waals surface area contributed by atoms with Crippen molar-refractivity contribution in [2.75, 3.05) is 5.32 Å². The van der Waals surface area contributed by atoms with Crippen LogP contribution in [0.25, 0.3) is 0 Å². The molecule has 2 heterocycles. The Hall–Kier alpha value is -2.89. The summed E-state index contributed by atoms with van der Waals surface area (Å²) in [5, 5.41) is 7.27. The molecule has 0 aliphatic carbocycles. The molecule has 2 aromatic heterocycles. The van der Waals surface area contributed by atoms with Crippen molar-refractivity contribution < 1.29 is 4.79 Å². The fourth-order valence-electron chi connectivity index (χ4n) is 2.96. The van der Waals surface area contributed by atoms with Gasteiger partial charge < -0.3 is 9.88 Å². The molecule has 0 spiro atoms. The van der Waals surface area contributed by atoms with Crippen LogP contribution in [0.15, 0.2) is 48.9 Å². The summed E-state index contributed by atoms with van der Waals surface area (Å²) in [4.78, 5) is 16.6. The van der Waals surface area contributed by atoms with Crippen molar-refractivity contribution in [3.8, 4) is 0 Å². The third kappa shape index (κ3) is 4.59. The first-order valence-electron chi connectivity index (χ1n) is 8.89. The predicted octanol–water partition coefficient (Wildman–Crippen LogP) is 3.36. The minimum atomic E-state index is -0.00157. The molecule has 0 fully saturated rings. The van der Waals surface area contributed by atoms with Crippen LogP contribution in [0.3, 0.4) is 0 Å². The molecule has 0 aliphatic rings. The van der Waals surface area contributed by atoms with Crippen LogP contribution in [0.4, 0.5) is 5.69 Å². The zero-order valence-electron chi connectivity index (χ0n) is 15.5. The summed E-state index contributed by atoms with van der Waals surface area (Å²) in [6.07, 6.45) is 6.77. The summed E-state index contributed by atoms with van der Waals surface area (Å²) in [7, 11) is 1.88. The Kier molecular flexibility index (Phi) is 5.51. The second-order valence-electron chi connectivity index (χ2n) is 6.80. The lowest BCUT2D eigenvalue weighted by Crippen LogP contribution is -2.13. The van der Waals surface area contributed by atoms with Crippen molar-refractivity contribution in [3.63, 3.8) is 0 Å². The van der Waals surface area contributed by atoms with Crippen molar-refractivity contribution in [1.82, 2.24) is 19.3 Å². The number of rotatable bonds is 7. The molecule has 3 aromatic rings. The van der Waals surface area contributed by atoms with Crippen LogP contribution in [0.2, 0.25) is 0 Å². The Morgan fingerprint density at radius 1 is 1.23 bits per heavy atom. The molecular formula is C20H25N5O. The second-order valence-corrected chi connectivity index (χ2v) is 6.80. The minimum Gasteiger partial charge on any atom is -0.330 e. The Morgan fingerprint density at radius 2 is 2.08 bits per heavy atom. The molecule has 0 aliphatic heterocycles. The van der Waals surface area contributed by atoms with E-state index in [0.717, 1.165) is 29.3 Å². The number of benzene rings is 1. The number of anilines is 1. The standard InChI is InChI=1S/C20H25N5O/c1-15(2)20-21-10-12-25(20)14-16-5-4-6-18(13-16)22-19(26)8-7-17-9-11-24(3)23-17/h4-6,9-13,15H,7-8,14H2,1-3H3,(H,22,26). The first-order valence-corrected chi connectivity index (χ1v) is 8.89. The van der Waals surface area contributed by atoms with E-state index in [1.165, 1.54) is 0 Å². The molecule has 136 valence electrons. The van der Waals surface area contributed by atoms with Gasteiger partial charge in [-0.1, -0.05) is 26.0 Å². The van der Waals surface area contributed by atoms with Crippen molar-refractivity contribution in [3.05, 3.63) is 66.0 Å². The van der Waals surface area contributed by atoms with Crippen LogP contribution in [-0.2, 0) is 24.8 Å². The smallest absolute Gasteiger partial charge is 0.224 e. The number of hydrogen-bond donors (Lipinski definition) is 1. The fourth-order valence-corrected chi connectivity index (χ4v) is 2.96. The Labute approximate surface area is 153 Å². The quantitative estimate of drug-likeness (QED) is 0.710. The minimum absolute atomic E-state index is 0.00157. The van der Waals surface area contributed by atoms with Gasteiger partial charge in [0.2, 0.25) is 5.91 Å². The molecule has 3 rings (SSSR count). The Balaban J connectivity index is 1.60. The zero-order chi connectivity index (χ0) is 18.5. The second kappa shape index (κ2) is 7.99. The molecule has 0 saturated heterocycles.